The summed E-state index contributed by atoms with van der Waals surface area (Å²) in [7, 11) is 0. The van der Waals surface area contributed by atoms with E-state index in [9.17, 15) is 9.59 Å². The summed E-state index contributed by atoms with van der Waals surface area (Å²) >= 11 is 0. The van der Waals surface area contributed by atoms with Crippen LogP contribution in [0.1, 0.15) is 50.4 Å². The molecule has 0 heterocycles. The summed E-state index contributed by atoms with van der Waals surface area (Å²) in [6, 6.07) is 6.71. The van der Waals surface area contributed by atoms with Gasteiger partial charge in [0.15, 0.2) is 0 Å². The number of esters is 1. The lowest BCUT2D eigenvalue weighted by molar-refractivity contribution is -0.131. The van der Waals surface area contributed by atoms with E-state index >= 15 is 0 Å². The normalized spacial score (nSPS) is 29.7. The number of hydrogen-bond acceptors (Lipinski definition) is 4. The summed E-state index contributed by atoms with van der Waals surface area (Å²) in [5.41, 5.74) is 0.464. The van der Waals surface area contributed by atoms with Gasteiger partial charge >= 0.3 is 11.9 Å². The van der Waals surface area contributed by atoms with Crippen LogP contribution in [0.3, 0.4) is 0 Å². The summed E-state index contributed by atoms with van der Waals surface area (Å²) in [4.78, 5) is 23.3. The highest BCUT2D eigenvalue weighted by Crippen LogP contribution is 2.66. The number of carboxylic acid groups (broad SMARTS) is 1. The number of ether oxygens (including phenoxy) is 2. The SMILES string of the molecule is CC1(C)C2CCC1(C)C(OC(=O)c1ccccc1OC=CC(=O)O)C2. The summed E-state index contributed by atoms with van der Waals surface area (Å²) in [6.07, 6.45) is 4.99. The zero-order valence-corrected chi connectivity index (χ0v) is 14.8. The van der Waals surface area contributed by atoms with Crippen LogP contribution in [-0.4, -0.2) is 23.1 Å². The topological polar surface area (TPSA) is 72.8 Å². The van der Waals surface area contributed by atoms with Gasteiger partial charge in [-0.15, -0.1) is 0 Å². The molecule has 1 N–H and O–H groups in total. The van der Waals surface area contributed by atoms with Crippen LogP contribution in [0.5, 0.6) is 5.75 Å². The predicted octanol–water partition coefficient (Wildman–Crippen LogP) is 4.04. The summed E-state index contributed by atoms with van der Waals surface area (Å²) < 4.78 is 11.2. The van der Waals surface area contributed by atoms with Crippen LogP contribution in [0.15, 0.2) is 36.6 Å². The first-order valence-electron chi connectivity index (χ1n) is 8.62. The molecule has 134 valence electrons. The van der Waals surface area contributed by atoms with E-state index in [1.165, 1.54) is 6.42 Å². The maximum atomic E-state index is 12.7. The number of para-hydroxylation sites is 1. The van der Waals surface area contributed by atoms with Gasteiger partial charge in [-0.3, -0.25) is 0 Å². The molecule has 1 aromatic carbocycles. The highest BCUT2D eigenvalue weighted by atomic mass is 16.5. The number of carbonyl (C=O) groups is 2. The van der Waals surface area contributed by atoms with Crippen molar-refractivity contribution in [3.8, 4) is 5.75 Å². The van der Waals surface area contributed by atoms with Gasteiger partial charge in [-0.25, -0.2) is 9.59 Å². The molecule has 0 spiro atoms. The number of hydrogen-bond donors (Lipinski definition) is 1. The van der Waals surface area contributed by atoms with Gasteiger partial charge in [0.1, 0.15) is 17.4 Å². The molecule has 0 amide bonds. The van der Waals surface area contributed by atoms with Gasteiger partial charge in [0.05, 0.1) is 12.3 Å². The zero-order chi connectivity index (χ0) is 18.2. The molecule has 1 aromatic rings. The number of aliphatic carboxylic acids is 1. The van der Waals surface area contributed by atoms with Crippen molar-refractivity contribution in [2.75, 3.05) is 0 Å². The average Bonchev–Trinajstić information content (AvgIpc) is 2.88. The fraction of sp³-hybridized carbons (Fsp3) is 0.500. The lowest BCUT2D eigenvalue weighted by atomic mass is 9.70. The van der Waals surface area contributed by atoms with Gasteiger partial charge in [0.25, 0.3) is 0 Å². The Labute approximate surface area is 147 Å². The molecule has 2 saturated carbocycles. The van der Waals surface area contributed by atoms with E-state index in [4.69, 9.17) is 14.6 Å². The molecule has 3 unspecified atom stereocenters. The molecule has 2 aliphatic carbocycles. The van der Waals surface area contributed by atoms with Gasteiger partial charge in [0, 0.05) is 5.41 Å². The Balaban J connectivity index is 1.76. The molecule has 5 nitrogen and oxygen atoms in total. The second kappa shape index (κ2) is 6.21. The smallest absolute Gasteiger partial charge is 0.342 e. The number of rotatable bonds is 5. The minimum Gasteiger partial charge on any atom is -0.478 e. The maximum Gasteiger partial charge on any atom is 0.342 e. The molecule has 3 rings (SSSR count). The molecule has 5 heteroatoms. The Morgan fingerprint density at radius 1 is 1.24 bits per heavy atom. The lowest BCUT2D eigenvalue weighted by Gasteiger charge is -2.38. The summed E-state index contributed by atoms with van der Waals surface area (Å²) in [5, 5.41) is 8.64. The molecule has 0 radical (unpaired) electrons. The van der Waals surface area contributed by atoms with Crippen LogP contribution in [-0.2, 0) is 9.53 Å². The second-order valence-corrected chi connectivity index (χ2v) is 7.76. The van der Waals surface area contributed by atoms with Crippen LogP contribution in [0.4, 0.5) is 0 Å². The van der Waals surface area contributed by atoms with E-state index in [-0.39, 0.29) is 22.7 Å². The largest absolute Gasteiger partial charge is 0.478 e. The van der Waals surface area contributed by atoms with Crippen molar-refractivity contribution in [1.82, 2.24) is 0 Å². The van der Waals surface area contributed by atoms with Gasteiger partial charge < -0.3 is 14.6 Å². The molecular formula is C20H24O5. The van der Waals surface area contributed by atoms with Crippen LogP contribution < -0.4 is 4.74 Å². The van der Waals surface area contributed by atoms with Gasteiger partial charge in [-0.05, 0) is 42.7 Å². The summed E-state index contributed by atoms with van der Waals surface area (Å²) in [6.45, 7) is 6.76. The molecule has 2 bridgehead atoms. The fourth-order valence-corrected chi connectivity index (χ4v) is 4.40. The molecule has 0 aromatic heterocycles. The Kier molecular flexibility index (Phi) is 4.35. The van der Waals surface area contributed by atoms with Crippen molar-refractivity contribution in [3.63, 3.8) is 0 Å². The van der Waals surface area contributed by atoms with E-state index < -0.39 is 11.9 Å². The summed E-state index contributed by atoms with van der Waals surface area (Å²) in [5.74, 6) is -0.663. The Hall–Kier alpha value is -2.30. The first-order valence-corrected chi connectivity index (χ1v) is 8.62. The number of benzene rings is 1. The van der Waals surface area contributed by atoms with Gasteiger partial charge in [-0.2, -0.15) is 0 Å². The van der Waals surface area contributed by atoms with Crippen LogP contribution >= 0.6 is 0 Å². The minimum absolute atomic E-state index is 0.00760. The van der Waals surface area contributed by atoms with Gasteiger partial charge in [-0.1, -0.05) is 32.9 Å². The van der Waals surface area contributed by atoms with Crippen molar-refractivity contribution in [2.45, 2.75) is 46.1 Å². The standard InChI is InChI=1S/C20H24O5/c1-19(2)13-8-10-20(19,3)16(12-13)25-18(23)14-6-4-5-7-15(14)24-11-9-17(21)22/h4-7,9,11,13,16H,8,10,12H2,1-3H3,(H,21,22). The number of carboxylic acids is 1. The molecule has 0 saturated heterocycles. The van der Waals surface area contributed by atoms with Crippen molar-refractivity contribution in [1.29, 1.82) is 0 Å². The number of carbonyl (C=O) groups excluding carboxylic acids is 1. The fourth-order valence-electron chi connectivity index (χ4n) is 4.40. The van der Waals surface area contributed by atoms with E-state index in [1.807, 2.05) is 0 Å². The molecule has 2 fully saturated rings. The van der Waals surface area contributed by atoms with Crippen LogP contribution in [0.25, 0.3) is 0 Å². The third kappa shape index (κ3) is 2.92. The Bertz CT molecular complexity index is 721. The van der Waals surface area contributed by atoms with Crippen molar-refractivity contribution in [3.05, 3.63) is 42.2 Å². The third-order valence-electron chi connectivity index (χ3n) is 6.48. The highest BCUT2D eigenvalue weighted by molar-refractivity contribution is 5.92. The van der Waals surface area contributed by atoms with Crippen molar-refractivity contribution >= 4 is 11.9 Å². The lowest BCUT2D eigenvalue weighted by Crippen LogP contribution is -2.38. The molecule has 2 aliphatic rings. The zero-order valence-electron chi connectivity index (χ0n) is 14.8. The third-order valence-corrected chi connectivity index (χ3v) is 6.48. The van der Waals surface area contributed by atoms with Crippen molar-refractivity contribution in [2.24, 2.45) is 16.7 Å². The van der Waals surface area contributed by atoms with Crippen LogP contribution in [0.2, 0.25) is 0 Å². The molecule has 0 aliphatic heterocycles. The average molecular weight is 344 g/mol. The maximum absolute atomic E-state index is 12.7. The Morgan fingerprint density at radius 2 is 1.96 bits per heavy atom. The molecule has 25 heavy (non-hydrogen) atoms. The predicted molar refractivity (Wildman–Crippen MR) is 92.3 cm³/mol. The van der Waals surface area contributed by atoms with Crippen molar-refractivity contribution < 1.29 is 24.2 Å². The van der Waals surface area contributed by atoms with E-state index in [1.54, 1.807) is 24.3 Å². The second-order valence-electron chi connectivity index (χ2n) is 7.76. The van der Waals surface area contributed by atoms with E-state index in [2.05, 4.69) is 20.8 Å². The quantitative estimate of drug-likeness (QED) is 0.496. The number of fused-ring (bicyclic) bond motifs is 2. The minimum atomic E-state index is -1.11. The highest BCUT2D eigenvalue weighted by Gasteiger charge is 2.62. The first kappa shape index (κ1) is 17.5. The Morgan fingerprint density at radius 3 is 2.56 bits per heavy atom. The monoisotopic (exact) mass is 344 g/mol. The molecule has 3 atom stereocenters. The first-order chi connectivity index (χ1) is 11.8. The van der Waals surface area contributed by atoms with E-state index in [0.29, 0.717) is 11.5 Å². The van der Waals surface area contributed by atoms with E-state index in [0.717, 1.165) is 25.2 Å². The van der Waals surface area contributed by atoms with Gasteiger partial charge in [0.2, 0.25) is 0 Å². The van der Waals surface area contributed by atoms with Crippen LogP contribution in [0, 0.1) is 16.7 Å². The molecular weight excluding hydrogens is 320 g/mol.